The molecule has 82 valence electrons. The lowest BCUT2D eigenvalue weighted by Gasteiger charge is -2.25. The molecule has 16 heavy (non-hydrogen) atoms. The maximum absolute atomic E-state index is 13.1. The van der Waals surface area contributed by atoms with Crippen LogP contribution in [0, 0.1) is 5.82 Å². The van der Waals surface area contributed by atoms with Gasteiger partial charge in [-0.3, -0.25) is 0 Å². The number of benzene rings is 1. The molecular formula is C13H12FNS. The molecule has 1 aromatic carbocycles. The fourth-order valence-corrected chi connectivity index (χ4v) is 3.03. The zero-order chi connectivity index (χ0) is 11.0. The van der Waals surface area contributed by atoms with Crippen LogP contribution >= 0.6 is 11.3 Å². The molecule has 0 spiro atoms. The van der Waals surface area contributed by atoms with Crippen molar-refractivity contribution in [1.29, 1.82) is 0 Å². The summed E-state index contributed by atoms with van der Waals surface area (Å²) in [6.07, 6.45) is 0.931. The van der Waals surface area contributed by atoms with Crippen molar-refractivity contribution in [3.63, 3.8) is 0 Å². The molecule has 0 aliphatic carbocycles. The molecule has 1 atom stereocenters. The molecule has 0 radical (unpaired) electrons. The lowest BCUT2D eigenvalue weighted by Crippen LogP contribution is -2.20. The number of thiophene rings is 1. The Balaban J connectivity index is 1.91. The minimum Gasteiger partial charge on any atom is -0.384 e. The summed E-state index contributed by atoms with van der Waals surface area (Å²) in [6, 6.07) is 9.21. The van der Waals surface area contributed by atoms with Gasteiger partial charge in [-0.15, -0.1) is 11.3 Å². The maximum Gasteiger partial charge on any atom is 0.123 e. The normalized spacial score (nSPS) is 18.9. The fourth-order valence-electron chi connectivity index (χ4n) is 2.20. The minimum absolute atomic E-state index is 0.146. The quantitative estimate of drug-likeness (QED) is 0.793. The summed E-state index contributed by atoms with van der Waals surface area (Å²) in [4.78, 5) is 1.38. The molecule has 1 unspecified atom stereocenters. The van der Waals surface area contributed by atoms with Gasteiger partial charge in [0.2, 0.25) is 0 Å². The molecule has 3 heteroatoms. The van der Waals surface area contributed by atoms with E-state index in [4.69, 9.17) is 0 Å². The second-order valence-corrected chi connectivity index (χ2v) is 5.08. The van der Waals surface area contributed by atoms with Gasteiger partial charge in [-0.2, -0.15) is 0 Å². The Bertz CT molecular complexity index is 493. The third-order valence-corrected chi connectivity index (χ3v) is 4.05. The van der Waals surface area contributed by atoms with Gasteiger partial charge in [0.1, 0.15) is 5.82 Å². The van der Waals surface area contributed by atoms with Crippen LogP contribution in [0.25, 0.3) is 0 Å². The summed E-state index contributed by atoms with van der Waals surface area (Å²) in [6.45, 7) is 0.944. The summed E-state index contributed by atoms with van der Waals surface area (Å²) >= 11 is 1.77. The smallest absolute Gasteiger partial charge is 0.123 e. The van der Waals surface area contributed by atoms with Crippen molar-refractivity contribution in [1.82, 2.24) is 0 Å². The van der Waals surface area contributed by atoms with Crippen LogP contribution in [0.2, 0.25) is 0 Å². The Hall–Kier alpha value is -1.35. The van der Waals surface area contributed by atoms with Gasteiger partial charge in [0.25, 0.3) is 0 Å². The Kier molecular flexibility index (Phi) is 2.40. The van der Waals surface area contributed by atoms with Gasteiger partial charge in [0, 0.05) is 23.0 Å². The molecule has 0 saturated carbocycles. The Morgan fingerprint density at radius 1 is 1.31 bits per heavy atom. The van der Waals surface area contributed by atoms with Crippen molar-refractivity contribution < 1.29 is 4.39 Å². The molecule has 0 bridgehead atoms. The summed E-state index contributed by atoms with van der Waals surface area (Å²) in [5, 5.41) is 5.46. The largest absolute Gasteiger partial charge is 0.384 e. The number of fused-ring (bicyclic) bond motifs is 1. The highest BCUT2D eigenvalue weighted by molar-refractivity contribution is 7.10. The zero-order valence-corrected chi connectivity index (χ0v) is 9.56. The number of rotatable bonds is 1. The lowest BCUT2D eigenvalue weighted by molar-refractivity contribution is 0.619. The first-order valence-electron chi connectivity index (χ1n) is 5.38. The number of anilines is 1. The van der Waals surface area contributed by atoms with Crippen molar-refractivity contribution in [2.45, 2.75) is 12.3 Å². The van der Waals surface area contributed by atoms with E-state index >= 15 is 0 Å². The Morgan fingerprint density at radius 3 is 3.06 bits per heavy atom. The van der Waals surface area contributed by atoms with E-state index in [-0.39, 0.29) is 5.82 Å². The average molecular weight is 233 g/mol. The van der Waals surface area contributed by atoms with E-state index in [1.165, 1.54) is 10.9 Å². The molecular weight excluding hydrogens is 221 g/mol. The second-order valence-electron chi connectivity index (χ2n) is 4.10. The molecule has 1 aromatic heterocycles. The SMILES string of the molecule is Fc1ccc2c(c1)CC(c1cccs1)CN2. The molecule has 2 aromatic rings. The van der Waals surface area contributed by atoms with Gasteiger partial charge >= 0.3 is 0 Å². The van der Waals surface area contributed by atoms with Crippen molar-refractivity contribution in [2.24, 2.45) is 0 Å². The highest BCUT2D eigenvalue weighted by atomic mass is 32.1. The molecule has 0 saturated heterocycles. The van der Waals surface area contributed by atoms with Crippen LogP contribution in [0.1, 0.15) is 16.4 Å². The Labute approximate surface area is 97.9 Å². The van der Waals surface area contributed by atoms with E-state index in [0.717, 1.165) is 24.2 Å². The second kappa shape index (κ2) is 3.91. The first-order valence-corrected chi connectivity index (χ1v) is 6.26. The van der Waals surface area contributed by atoms with Crippen LogP contribution in [0.5, 0.6) is 0 Å². The summed E-state index contributed by atoms with van der Waals surface area (Å²) < 4.78 is 13.1. The lowest BCUT2D eigenvalue weighted by atomic mass is 9.93. The summed E-state index contributed by atoms with van der Waals surface area (Å²) in [5.41, 5.74) is 2.17. The van der Waals surface area contributed by atoms with Crippen LogP contribution in [-0.2, 0) is 6.42 Å². The fraction of sp³-hybridized carbons (Fsp3) is 0.231. The number of nitrogens with one attached hydrogen (secondary N) is 1. The van der Waals surface area contributed by atoms with Gasteiger partial charge in [0.15, 0.2) is 0 Å². The standard InChI is InChI=1S/C13H12FNS/c14-11-3-4-12-9(7-11)6-10(8-15-12)13-2-1-5-16-13/h1-5,7,10,15H,6,8H2. The van der Waals surface area contributed by atoms with Gasteiger partial charge in [-0.05, 0) is 41.6 Å². The van der Waals surface area contributed by atoms with E-state index in [9.17, 15) is 4.39 Å². The van der Waals surface area contributed by atoms with Gasteiger partial charge in [-0.25, -0.2) is 4.39 Å². The molecule has 1 N–H and O–H groups in total. The predicted molar refractivity (Wildman–Crippen MR) is 65.7 cm³/mol. The molecule has 1 aliphatic rings. The van der Waals surface area contributed by atoms with Crippen LogP contribution in [0.4, 0.5) is 10.1 Å². The van der Waals surface area contributed by atoms with Crippen molar-refractivity contribution in [3.05, 3.63) is 52.0 Å². The summed E-state index contributed by atoms with van der Waals surface area (Å²) in [7, 11) is 0. The van der Waals surface area contributed by atoms with Crippen molar-refractivity contribution >= 4 is 17.0 Å². The van der Waals surface area contributed by atoms with Gasteiger partial charge < -0.3 is 5.32 Å². The van der Waals surface area contributed by atoms with Gasteiger partial charge in [0.05, 0.1) is 0 Å². The highest BCUT2D eigenvalue weighted by Crippen LogP contribution is 2.32. The predicted octanol–water partition coefficient (Wildman–Crippen LogP) is 3.64. The Morgan fingerprint density at radius 2 is 2.25 bits per heavy atom. The third kappa shape index (κ3) is 1.71. The first-order chi connectivity index (χ1) is 7.83. The van der Waals surface area contributed by atoms with Crippen LogP contribution in [0.15, 0.2) is 35.7 Å². The first kappa shape index (κ1) is 9.85. The van der Waals surface area contributed by atoms with Crippen molar-refractivity contribution in [3.8, 4) is 0 Å². The van der Waals surface area contributed by atoms with E-state index < -0.39 is 0 Å². The van der Waals surface area contributed by atoms with Crippen LogP contribution < -0.4 is 5.32 Å². The number of halogens is 1. The van der Waals surface area contributed by atoms with E-state index in [0.29, 0.717) is 5.92 Å². The zero-order valence-electron chi connectivity index (χ0n) is 8.74. The third-order valence-electron chi connectivity index (χ3n) is 3.02. The molecule has 0 amide bonds. The molecule has 2 heterocycles. The molecule has 1 nitrogen and oxygen atoms in total. The average Bonchev–Trinajstić information content (AvgIpc) is 2.81. The molecule has 0 fully saturated rings. The monoisotopic (exact) mass is 233 g/mol. The maximum atomic E-state index is 13.1. The molecule has 3 rings (SSSR count). The van der Waals surface area contributed by atoms with E-state index in [1.54, 1.807) is 17.4 Å². The van der Waals surface area contributed by atoms with Crippen molar-refractivity contribution in [2.75, 3.05) is 11.9 Å². The van der Waals surface area contributed by atoms with Crippen LogP contribution in [0.3, 0.4) is 0 Å². The number of hydrogen-bond donors (Lipinski definition) is 1. The topological polar surface area (TPSA) is 12.0 Å². The summed E-state index contributed by atoms with van der Waals surface area (Å²) in [5.74, 6) is 0.335. The minimum atomic E-state index is -0.146. The number of hydrogen-bond acceptors (Lipinski definition) is 2. The molecule has 1 aliphatic heterocycles. The van der Waals surface area contributed by atoms with Crippen LogP contribution in [-0.4, -0.2) is 6.54 Å². The van der Waals surface area contributed by atoms with Gasteiger partial charge in [-0.1, -0.05) is 6.07 Å². The highest BCUT2D eigenvalue weighted by Gasteiger charge is 2.20. The van der Waals surface area contributed by atoms with E-state index in [2.05, 4.69) is 22.8 Å². The van der Waals surface area contributed by atoms with E-state index in [1.807, 2.05) is 6.07 Å².